The molecule has 9 heteroatoms. The molecular formula is C18H21Cl2N3O4. The second-order valence-corrected chi connectivity index (χ2v) is 6.88. The van der Waals surface area contributed by atoms with Gasteiger partial charge in [0.05, 0.1) is 5.69 Å². The molecule has 1 aromatic carbocycles. The fourth-order valence-electron chi connectivity index (χ4n) is 2.68. The van der Waals surface area contributed by atoms with Gasteiger partial charge < -0.3 is 20.3 Å². The lowest BCUT2D eigenvalue weighted by Gasteiger charge is -2.19. The number of nitrogens with zero attached hydrogens (tertiary/aromatic N) is 1. The van der Waals surface area contributed by atoms with Gasteiger partial charge in [0.15, 0.2) is 6.61 Å². The first kappa shape index (κ1) is 21.1. The number of carbonyl (C=O) groups excluding carboxylic acids is 2. The molecule has 0 radical (unpaired) electrons. The molecule has 0 saturated carbocycles. The second-order valence-electron chi connectivity index (χ2n) is 6.04. The number of esters is 1. The highest BCUT2D eigenvalue weighted by Crippen LogP contribution is 2.30. The maximum absolute atomic E-state index is 12.1. The first-order valence-electron chi connectivity index (χ1n) is 8.44. The molecule has 0 saturated heterocycles. The van der Waals surface area contributed by atoms with E-state index in [1.54, 1.807) is 19.1 Å². The van der Waals surface area contributed by atoms with Crippen LogP contribution in [0.1, 0.15) is 47.3 Å². The third-order valence-electron chi connectivity index (χ3n) is 4.01. The Morgan fingerprint density at radius 2 is 2.11 bits per heavy atom. The standard InChI is InChI=1S/C18H21Cl2N3O4/c1-3-4-11(13-6-5-12(19)7-14(13)20)8-22-15(24)9-26-18(25)16-10(2)23-27-17(16)21/h5-7,11H,3-4,8-9,21H2,1-2H3,(H,22,24). The zero-order chi connectivity index (χ0) is 20.0. The highest BCUT2D eigenvalue weighted by atomic mass is 35.5. The predicted octanol–water partition coefficient (Wildman–Crippen LogP) is 3.73. The number of aryl methyl sites for hydroxylation is 1. The summed E-state index contributed by atoms with van der Waals surface area (Å²) in [4.78, 5) is 24.0. The minimum Gasteiger partial charge on any atom is -0.452 e. The molecule has 0 aliphatic carbocycles. The summed E-state index contributed by atoms with van der Waals surface area (Å²) in [5.74, 6) is -1.30. The molecule has 3 N–H and O–H groups in total. The molecular weight excluding hydrogens is 393 g/mol. The molecule has 27 heavy (non-hydrogen) atoms. The van der Waals surface area contributed by atoms with Gasteiger partial charge in [-0.15, -0.1) is 0 Å². The van der Waals surface area contributed by atoms with Gasteiger partial charge in [0, 0.05) is 22.5 Å². The lowest BCUT2D eigenvalue weighted by Crippen LogP contribution is -2.32. The SMILES string of the molecule is CCCC(CNC(=O)COC(=O)c1c(C)noc1N)c1ccc(Cl)cc1Cl. The average molecular weight is 414 g/mol. The van der Waals surface area contributed by atoms with Crippen LogP contribution in [-0.2, 0) is 9.53 Å². The summed E-state index contributed by atoms with van der Waals surface area (Å²) in [6, 6.07) is 5.30. The van der Waals surface area contributed by atoms with Crippen molar-refractivity contribution in [1.29, 1.82) is 0 Å². The summed E-state index contributed by atoms with van der Waals surface area (Å²) < 4.78 is 9.67. The molecule has 1 amide bonds. The van der Waals surface area contributed by atoms with Crippen LogP contribution < -0.4 is 11.1 Å². The van der Waals surface area contributed by atoms with Crippen LogP contribution in [-0.4, -0.2) is 30.2 Å². The van der Waals surface area contributed by atoms with Gasteiger partial charge in [0.1, 0.15) is 5.56 Å². The highest BCUT2D eigenvalue weighted by molar-refractivity contribution is 6.35. The number of nitrogens with one attached hydrogen (secondary N) is 1. The van der Waals surface area contributed by atoms with Crippen molar-refractivity contribution in [1.82, 2.24) is 10.5 Å². The van der Waals surface area contributed by atoms with Crippen LogP contribution in [0.3, 0.4) is 0 Å². The van der Waals surface area contributed by atoms with Crippen LogP contribution in [0.4, 0.5) is 5.88 Å². The van der Waals surface area contributed by atoms with E-state index in [9.17, 15) is 9.59 Å². The van der Waals surface area contributed by atoms with Gasteiger partial charge >= 0.3 is 5.97 Å². The van der Waals surface area contributed by atoms with Gasteiger partial charge in [-0.1, -0.05) is 47.8 Å². The van der Waals surface area contributed by atoms with Crippen molar-refractivity contribution < 1.29 is 18.8 Å². The molecule has 0 aliphatic rings. The number of nitrogen functional groups attached to an aromatic ring is 1. The topological polar surface area (TPSA) is 107 Å². The van der Waals surface area contributed by atoms with Gasteiger partial charge in [-0.05, 0) is 31.0 Å². The Morgan fingerprint density at radius 3 is 2.70 bits per heavy atom. The van der Waals surface area contributed by atoms with Crippen molar-refractivity contribution in [3.05, 3.63) is 45.1 Å². The van der Waals surface area contributed by atoms with E-state index in [1.165, 1.54) is 0 Å². The van der Waals surface area contributed by atoms with Crippen LogP contribution in [0.2, 0.25) is 10.0 Å². The van der Waals surface area contributed by atoms with Gasteiger partial charge in [-0.3, -0.25) is 4.79 Å². The third kappa shape index (κ3) is 5.61. The van der Waals surface area contributed by atoms with Crippen LogP contribution in [0, 0.1) is 6.92 Å². The third-order valence-corrected chi connectivity index (χ3v) is 4.58. The Bertz CT molecular complexity index is 803. The molecule has 1 unspecified atom stereocenters. The van der Waals surface area contributed by atoms with Crippen molar-refractivity contribution in [2.24, 2.45) is 0 Å². The van der Waals surface area contributed by atoms with E-state index in [0.29, 0.717) is 22.3 Å². The largest absolute Gasteiger partial charge is 0.452 e. The molecule has 0 spiro atoms. The van der Waals surface area contributed by atoms with Gasteiger partial charge in [0.2, 0.25) is 5.88 Å². The van der Waals surface area contributed by atoms with Crippen LogP contribution in [0.5, 0.6) is 0 Å². The number of benzene rings is 1. The molecule has 1 aromatic heterocycles. The summed E-state index contributed by atoms with van der Waals surface area (Å²) in [5, 5.41) is 7.44. The number of halogens is 2. The smallest absolute Gasteiger partial charge is 0.346 e. The van der Waals surface area contributed by atoms with Gasteiger partial charge in [-0.25, -0.2) is 4.79 Å². The van der Waals surface area contributed by atoms with Crippen molar-refractivity contribution in [3.63, 3.8) is 0 Å². The van der Waals surface area contributed by atoms with E-state index < -0.39 is 18.5 Å². The van der Waals surface area contributed by atoms with Gasteiger partial charge in [0.25, 0.3) is 5.91 Å². The fourth-order valence-corrected chi connectivity index (χ4v) is 3.24. The number of aromatic nitrogens is 1. The summed E-state index contributed by atoms with van der Waals surface area (Å²) in [7, 11) is 0. The lowest BCUT2D eigenvalue weighted by atomic mass is 9.94. The molecule has 0 aliphatic heterocycles. The number of ether oxygens (including phenoxy) is 1. The summed E-state index contributed by atoms with van der Waals surface area (Å²) in [6.07, 6.45) is 1.75. The fraction of sp³-hybridized carbons (Fsp3) is 0.389. The van der Waals surface area contributed by atoms with Crippen LogP contribution >= 0.6 is 23.2 Å². The predicted molar refractivity (Wildman–Crippen MR) is 103 cm³/mol. The summed E-state index contributed by atoms with van der Waals surface area (Å²) in [6.45, 7) is 3.53. The lowest BCUT2D eigenvalue weighted by molar-refractivity contribution is -0.124. The highest BCUT2D eigenvalue weighted by Gasteiger charge is 2.21. The van der Waals surface area contributed by atoms with Crippen molar-refractivity contribution in [2.75, 3.05) is 18.9 Å². The molecule has 7 nitrogen and oxygen atoms in total. The number of hydrogen-bond acceptors (Lipinski definition) is 6. The number of carbonyl (C=O) groups is 2. The molecule has 0 fully saturated rings. The van der Waals surface area contributed by atoms with Crippen LogP contribution in [0.15, 0.2) is 22.7 Å². The van der Waals surface area contributed by atoms with Crippen molar-refractivity contribution in [2.45, 2.75) is 32.6 Å². The number of nitrogens with two attached hydrogens (primary N) is 1. The van der Waals surface area contributed by atoms with Crippen molar-refractivity contribution in [3.8, 4) is 0 Å². The maximum atomic E-state index is 12.1. The molecule has 146 valence electrons. The van der Waals surface area contributed by atoms with E-state index >= 15 is 0 Å². The Morgan fingerprint density at radius 1 is 1.37 bits per heavy atom. The number of hydrogen-bond donors (Lipinski definition) is 2. The van der Waals surface area contributed by atoms with E-state index in [2.05, 4.69) is 10.5 Å². The quantitative estimate of drug-likeness (QED) is 0.638. The zero-order valence-electron chi connectivity index (χ0n) is 15.1. The number of amides is 1. The Balaban J connectivity index is 1.91. The molecule has 1 atom stereocenters. The molecule has 2 rings (SSSR count). The molecule has 1 heterocycles. The Hall–Kier alpha value is -2.25. The molecule has 0 bridgehead atoms. The number of rotatable bonds is 8. The zero-order valence-corrected chi connectivity index (χ0v) is 16.6. The average Bonchev–Trinajstić information content (AvgIpc) is 2.95. The second kappa shape index (κ2) is 9.62. The normalized spacial score (nSPS) is 11.9. The van der Waals surface area contributed by atoms with E-state index in [4.69, 9.17) is 38.2 Å². The van der Waals surface area contributed by atoms with Crippen LogP contribution in [0.25, 0.3) is 0 Å². The van der Waals surface area contributed by atoms with E-state index in [0.717, 1.165) is 18.4 Å². The first-order chi connectivity index (χ1) is 12.8. The Labute approximate surface area is 167 Å². The minimum absolute atomic E-state index is 0.0235. The minimum atomic E-state index is -0.757. The monoisotopic (exact) mass is 413 g/mol. The van der Waals surface area contributed by atoms with Gasteiger partial charge in [-0.2, -0.15) is 0 Å². The first-order valence-corrected chi connectivity index (χ1v) is 9.19. The Kier molecular flexibility index (Phi) is 7.50. The van der Waals surface area contributed by atoms with Crippen molar-refractivity contribution >= 4 is 41.0 Å². The summed E-state index contributed by atoms with van der Waals surface area (Å²) >= 11 is 12.2. The summed E-state index contributed by atoms with van der Waals surface area (Å²) in [5.41, 5.74) is 6.76. The maximum Gasteiger partial charge on any atom is 0.346 e. The van der Waals surface area contributed by atoms with E-state index in [-0.39, 0.29) is 17.4 Å². The molecule has 2 aromatic rings. The van der Waals surface area contributed by atoms with E-state index in [1.807, 2.05) is 13.0 Å². The number of anilines is 1.